The van der Waals surface area contributed by atoms with Crippen LogP contribution in [0.3, 0.4) is 0 Å². The predicted octanol–water partition coefficient (Wildman–Crippen LogP) is 2.67. The molecule has 0 aliphatic rings. The van der Waals surface area contributed by atoms with E-state index < -0.39 is 0 Å². The lowest BCUT2D eigenvalue weighted by atomic mass is 10.1. The molecular formula is C12H16FNO. The van der Waals surface area contributed by atoms with Crippen LogP contribution in [0.15, 0.2) is 30.9 Å². The molecule has 0 saturated carbocycles. The van der Waals surface area contributed by atoms with Gasteiger partial charge in [0.05, 0.1) is 0 Å². The van der Waals surface area contributed by atoms with Crippen molar-refractivity contribution in [1.29, 1.82) is 0 Å². The van der Waals surface area contributed by atoms with Gasteiger partial charge in [-0.15, -0.1) is 0 Å². The molecule has 1 atom stereocenters. The molecule has 2 nitrogen and oxygen atoms in total. The van der Waals surface area contributed by atoms with Crippen LogP contribution in [0.4, 0.5) is 4.39 Å². The first-order valence-electron chi connectivity index (χ1n) is 4.89. The van der Waals surface area contributed by atoms with E-state index in [1.54, 1.807) is 12.1 Å². The number of hydrogen-bond acceptors (Lipinski definition) is 2. The molecule has 1 unspecified atom stereocenters. The molecule has 0 fully saturated rings. The van der Waals surface area contributed by atoms with Crippen LogP contribution < -0.4 is 10.1 Å². The van der Waals surface area contributed by atoms with Crippen molar-refractivity contribution < 1.29 is 9.13 Å². The molecule has 0 heterocycles. The highest BCUT2D eigenvalue weighted by Gasteiger charge is 2.07. The molecule has 0 amide bonds. The summed E-state index contributed by atoms with van der Waals surface area (Å²) in [6, 6.07) is 5.11. The highest BCUT2D eigenvalue weighted by atomic mass is 19.1. The number of ether oxygens (including phenoxy) is 1. The van der Waals surface area contributed by atoms with E-state index >= 15 is 0 Å². The van der Waals surface area contributed by atoms with Gasteiger partial charge in [0.1, 0.15) is 6.61 Å². The van der Waals surface area contributed by atoms with Crippen molar-refractivity contribution in [2.45, 2.75) is 13.0 Å². The van der Waals surface area contributed by atoms with Crippen molar-refractivity contribution in [3.05, 3.63) is 42.2 Å². The zero-order valence-electron chi connectivity index (χ0n) is 9.09. The van der Waals surface area contributed by atoms with E-state index in [0.717, 1.165) is 5.56 Å². The maximum absolute atomic E-state index is 13.5. The zero-order chi connectivity index (χ0) is 11.3. The average molecular weight is 209 g/mol. The summed E-state index contributed by atoms with van der Waals surface area (Å²) < 4.78 is 18.6. The van der Waals surface area contributed by atoms with E-state index in [0.29, 0.717) is 6.61 Å². The van der Waals surface area contributed by atoms with Gasteiger partial charge in [-0.3, -0.25) is 0 Å². The lowest BCUT2D eigenvalue weighted by Crippen LogP contribution is -2.12. The Kier molecular flexibility index (Phi) is 4.31. The molecule has 0 aromatic heterocycles. The van der Waals surface area contributed by atoms with E-state index in [4.69, 9.17) is 4.74 Å². The van der Waals surface area contributed by atoms with Crippen molar-refractivity contribution in [3.63, 3.8) is 0 Å². The Bertz CT molecular complexity index is 338. The summed E-state index contributed by atoms with van der Waals surface area (Å²) in [6.45, 7) is 5.80. The van der Waals surface area contributed by atoms with Crippen molar-refractivity contribution in [2.75, 3.05) is 13.7 Å². The zero-order valence-corrected chi connectivity index (χ0v) is 9.09. The minimum Gasteiger partial charge on any atom is -0.486 e. The fourth-order valence-electron chi connectivity index (χ4n) is 1.22. The second-order valence-corrected chi connectivity index (χ2v) is 3.30. The number of hydrogen-bond donors (Lipinski definition) is 1. The standard InChI is InChI=1S/C12H16FNO/c1-4-7-15-12-6-5-10(8-11(12)13)9(2)14-3/h4-6,8-9,14H,1,7H2,2-3H3. The first-order valence-corrected chi connectivity index (χ1v) is 4.89. The fraction of sp³-hybridized carbons (Fsp3) is 0.333. The minimum atomic E-state index is -0.337. The maximum Gasteiger partial charge on any atom is 0.165 e. The summed E-state index contributed by atoms with van der Waals surface area (Å²) in [4.78, 5) is 0. The van der Waals surface area contributed by atoms with Crippen LogP contribution >= 0.6 is 0 Å². The molecule has 3 heteroatoms. The third-order valence-corrected chi connectivity index (χ3v) is 2.25. The summed E-state index contributed by atoms with van der Waals surface area (Å²) in [5.41, 5.74) is 0.904. The average Bonchev–Trinajstić information content (AvgIpc) is 2.26. The molecule has 1 rings (SSSR count). The van der Waals surface area contributed by atoms with Gasteiger partial charge in [-0.1, -0.05) is 18.7 Å². The van der Waals surface area contributed by atoms with Gasteiger partial charge in [-0.25, -0.2) is 4.39 Å². The van der Waals surface area contributed by atoms with Crippen LogP contribution in [0.1, 0.15) is 18.5 Å². The van der Waals surface area contributed by atoms with Crippen LogP contribution in [-0.4, -0.2) is 13.7 Å². The smallest absolute Gasteiger partial charge is 0.165 e. The lowest BCUT2D eigenvalue weighted by molar-refractivity contribution is 0.341. The van der Waals surface area contributed by atoms with E-state index in [1.165, 1.54) is 6.07 Å². The Morgan fingerprint density at radius 1 is 1.60 bits per heavy atom. The van der Waals surface area contributed by atoms with Gasteiger partial charge < -0.3 is 10.1 Å². The van der Waals surface area contributed by atoms with E-state index in [9.17, 15) is 4.39 Å². The first-order chi connectivity index (χ1) is 7.19. The van der Waals surface area contributed by atoms with Crippen molar-refractivity contribution in [1.82, 2.24) is 5.32 Å². The summed E-state index contributed by atoms with van der Waals surface area (Å²) in [7, 11) is 1.84. The normalized spacial score (nSPS) is 12.2. The second-order valence-electron chi connectivity index (χ2n) is 3.30. The lowest BCUT2D eigenvalue weighted by Gasteiger charge is -2.12. The van der Waals surface area contributed by atoms with Crippen LogP contribution in [0, 0.1) is 5.82 Å². The molecule has 0 bridgehead atoms. The quantitative estimate of drug-likeness (QED) is 0.753. The molecule has 0 aliphatic heterocycles. The van der Waals surface area contributed by atoms with Gasteiger partial charge in [0.25, 0.3) is 0 Å². The molecule has 0 radical (unpaired) electrons. The van der Waals surface area contributed by atoms with Gasteiger partial charge in [0.2, 0.25) is 0 Å². The topological polar surface area (TPSA) is 21.3 Å². The Morgan fingerprint density at radius 2 is 2.33 bits per heavy atom. The Hall–Kier alpha value is -1.35. The summed E-state index contributed by atoms with van der Waals surface area (Å²) >= 11 is 0. The van der Waals surface area contributed by atoms with Crippen molar-refractivity contribution >= 4 is 0 Å². The van der Waals surface area contributed by atoms with Crippen LogP contribution in [0.2, 0.25) is 0 Å². The molecule has 1 aromatic carbocycles. The van der Waals surface area contributed by atoms with Gasteiger partial charge in [0, 0.05) is 6.04 Å². The summed E-state index contributed by atoms with van der Waals surface area (Å²) in [5, 5.41) is 3.05. The third kappa shape index (κ3) is 3.06. The number of benzene rings is 1. The Morgan fingerprint density at radius 3 is 2.87 bits per heavy atom. The number of nitrogens with one attached hydrogen (secondary N) is 1. The molecule has 1 N–H and O–H groups in total. The molecule has 0 aliphatic carbocycles. The molecule has 0 saturated heterocycles. The molecule has 1 aromatic rings. The van der Waals surface area contributed by atoms with Crippen molar-refractivity contribution in [3.8, 4) is 5.75 Å². The van der Waals surface area contributed by atoms with Crippen molar-refractivity contribution in [2.24, 2.45) is 0 Å². The van der Waals surface area contributed by atoms with E-state index in [2.05, 4.69) is 11.9 Å². The van der Waals surface area contributed by atoms with Gasteiger partial charge in [0.15, 0.2) is 11.6 Å². The Labute approximate surface area is 89.8 Å². The highest BCUT2D eigenvalue weighted by molar-refractivity contribution is 5.30. The second kappa shape index (κ2) is 5.51. The van der Waals surface area contributed by atoms with Gasteiger partial charge >= 0.3 is 0 Å². The van der Waals surface area contributed by atoms with Crippen LogP contribution in [0.25, 0.3) is 0 Å². The van der Waals surface area contributed by atoms with Gasteiger partial charge in [-0.05, 0) is 31.7 Å². The summed E-state index contributed by atoms with van der Waals surface area (Å²) in [5.74, 6) is -0.0709. The number of halogens is 1. The highest BCUT2D eigenvalue weighted by Crippen LogP contribution is 2.21. The van der Waals surface area contributed by atoms with Crippen LogP contribution in [-0.2, 0) is 0 Å². The number of rotatable bonds is 5. The fourth-order valence-corrected chi connectivity index (χ4v) is 1.22. The largest absolute Gasteiger partial charge is 0.486 e. The van der Waals surface area contributed by atoms with Gasteiger partial charge in [-0.2, -0.15) is 0 Å². The SMILES string of the molecule is C=CCOc1ccc(C(C)NC)cc1F. The molecule has 0 spiro atoms. The predicted molar refractivity (Wildman–Crippen MR) is 59.6 cm³/mol. The van der Waals surface area contributed by atoms with E-state index in [-0.39, 0.29) is 17.6 Å². The van der Waals surface area contributed by atoms with E-state index in [1.807, 2.05) is 20.0 Å². The summed E-state index contributed by atoms with van der Waals surface area (Å²) in [6.07, 6.45) is 1.59. The first kappa shape index (κ1) is 11.7. The monoisotopic (exact) mass is 209 g/mol. The van der Waals surface area contributed by atoms with Crippen LogP contribution in [0.5, 0.6) is 5.75 Å². The minimum absolute atomic E-state index is 0.132. The molecule has 82 valence electrons. The molecular weight excluding hydrogens is 193 g/mol. The third-order valence-electron chi connectivity index (χ3n) is 2.25. The maximum atomic E-state index is 13.5. The molecule has 15 heavy (non-hydrogen) atoms. The Balaban J connectivity index is 2.82.